The van der Waals surface area contributed by atoms with Gasteiger partial charge in [-0.1, -0.05) is 13.3 Å². The highest BCUT2D eigenvalue weighted by Gasteiger charge is 2.33. The van der Waals surface area contributed by atoms with E-state index >= 15 is 0 Å². The molecule has 0 radical (unpaired) electrons. The summed E-state index contributed by atoms with van der Waals surface area (Å²) in [7, 11) is 0. The van der Waals surface area contributed by atoms with E-state index in [0.29, 0.717) is 17.9 Å². The quantitative estimate of drug-likeness (QED) is 0.636. The third-order valence-electron chi connectivity index (χ3n) is 4.88. The lowest BCUT2D eigenvalue weighted by Crippen LogP contribution is -2.34. The minimum absolute atomic E-state index is 0.298. The van der Waals surface area contributed by atoms with Crippen LogP contribution in [0.2, 0.25) is 0 Å². The monoisotopic (exact) mass is 255 g/mol. The number of hydrogen-bond acceptors (Lipinski definition) is 3. The van der Waals surface area contributed by atoms with E-state index in [1.165, 1.54) is 32.1 Å². The minimum atomic E-state index is 0.298. The van der Waals surface area contributed by atoms with Crippen LogP contribution in [-0.2, 0) is 0 Å². The molecule has 6 N–H and O–H groups in total. The van der Waals surface area contributed by atoms with Crippen molar-refractivity contribution in [2.45, 2.75) is 58.4 Å². The molecule has 1 saturated carbocycles. The van der Waals surface area contributed by atoms with Crippen LogP contribution in [0.5, 0.6) is 0 Å². The van der Waals surface area contributed by atoms with E-state index in [0.717, 1.165) is 31.3 Å². The van der Waals surface area contributed by atoms with Crippen molar-refractivity contribution in [2.75, 3.05) is 13.1 Å². The lowest BCUT2D eigenvalue weighted by atomic mass is 9.78. The van der Waals surface area contributed by atoms with Crippen LogP contribution in [0.25, 0.3) is 0 Å². The second kappa shape index (κ2) is 8.13. The maximum absolute atomic E-state index is 6.23. The molecule has 0 bridgehead atoms. The van der Waals surface area contributed by atoms with Gasteiger partial charge < -0.3 is 17.2 Å². The average Bonchev–Trinajstić information content (AvgIpc) is 2.50. The molecule has 1 aliphatic carbocycles. The van der Waals surface area contributed by atoms with Crippen LogP contribution in [0.1, 0.15) is 52.4 Å². The van der Waals surface area contributed by atoms with E-state index in [2.05, 4.69) is 13.8 Å². The summed E-state index contributed by atoms with van der Waals surface area (Å²) in [6, 6.07) is 0.298. The Morgan fingerprint density at radius 1 is 1.00 bits per heavy atom. The third kappa shape index (κ3) is 4.52. The molecule has 18 heavy (non-hydrogen) atoms. The summed E-state index contributed by atoms with van der Waals surface area (Å²) in [5, 5.41) is 0. The zero-order valence-electron chi connectivity index (χ0n) is 12.3. The number of nitrogens with two attached hydrogens (primary N) is 3. The third-order valence-corrected chi connectivity index (χ3v) is 4.88. The van der Waals surface area contributed by atoms with Crippen molar-refractivity contribution in [1.29, 1.82) is 0 Å². The van der Waals surface area contributed by atoms with Gasteiger partial charge in [-0.05, 0) is 75.8 Å². The molecule has 3 heteroatoms. The van der Waals surface area contributed by atoms with Gasteiger partial charge in [0.05, 0.1) is 0 Å². The largest absolute Gasteiger partial charge is 0.330 e. The predicted octanol–water partition coefficient (Wildman–Crippen LogP) is 2.09. The molecular formula is C15H33N3. The van der Waals surface area contributed by atoms with Crippen molar-refractivity contribution in [3.63, 3.8) is 0 Å². The molecule has 0 aromatic heterocycles. The Morgan fingerprint density at radius 3 is 2.17 bits per heavy atom. The first kappa shape index (κ1) is 15.9. The molecule has 5 unspecified atom stereocenters. The Labute approximate surface area is 113 Å². The van der Waals surface area contributed by atoms with Gasteiger partial charge in [0.1, 0.15) is 0 Å². The summed E-state index contributed by atoms with van der Waals surface area (Å²) in [4.78, 5) is 0. The molecule has 5 atom stereocenters. The zero-order chi connectivity index (χ0) is 13.5. The van der Waals surface area contributed by atoms with Crippen molar-refractivity contribution in [3.05, 3.63) is 0 Å². The predicted molar refractivity (Wildman–Crippen MR) is 79.1 cm³/mol. The first-order chi connectivity index (χ1) is 8.62. The smallest absolute Gasteiger partial charge is 0.00415 e. The van der Waals surface area contributed by atoms with Gasteiger partial charge >= 0.3 is 0 Å². The highest BCUT2D eigenvalue weighted by molar-refractivity contribution is 4.86. The molecule has 108 valence electrons. The van der Waals surface area contributed by atoms with Crippen molar-refractivity contribution < 1.29 is 0 Å². The van der Waals surface area contributed by atoms with E-state index in [1.54, 1.807) is 0 Å². The Balaban J connectivity index is 2.76. The maximum Gasteiger partial charge on any atom is 0.00415 e. The fourth-order valence-corrected chi connectivity index (χ4v) is 3.84. The Hall–Kier alpha value is -0.120. The molecular weight excluding hydrogens is 222 g/mol. The Kier molecular flexibility index (Phi) is 7.20. The molecule has 0 aliphatic heterocycles. The Bertz CT molecular complexity index is 218. The van der Waals surface area contributed by atoms with E-state index in [9.17, 15) is 0 Å². The lowest BCUT2D eigenvalue weighted by Gasteiger charge is -2.30. The van der Waals surface area contributed by atoms with E-state index in [1.807, 2.05) is 0 Å². The summed E-state index contributed by atoms with van der Waals surface area (Å²) in [5.74, 6) is 2.99. The molecule has 0 saturated heterocycles. The standard InChI is InChI=1S/C15H33N3/c1-3-12-8-13(4-6-16)9-14(5-7-17)15(10-12)11(2)18/h11-15H,3-10,16-18H2,1-2H3. The van der Waals surface area contributed by atoms with Crippen LogP contribution >= 0.6 is 0 Å². The second-order valence-electron chi connectivity index (χ2n) is 6.29. The minimum Gasteiger partial charge on any atom is -0.330 e. The number of rotatable bonds is 6. The van der Waals surface area contributed by atoms with E-state index in [4.69, 9.17) is 17.2 Å². The van der Waals surface area contributed by atoms with Gasteiger partial charge in [0.25, 0.3) is 0 Å². The van der Waals surface area contributed by atoms with Crippen LogP contribution in [0.4, 0.5) is 0 Å². The molecule has 1 aliphatic rings. The molecule has 0 amide bonds. The normalized spacial score (nSPS) is 35.2. The van der Waals surface area contributed by atoms with Crippen LogP contribution in [-0.4, -0.2) is 19.1 Å². The summed E-state index contributed by atoms with van der Waals surface area (Å²) in [5.41, 5.74) is 17.8. The molecule has 3 nitrogen and oxygen atoms in total. The summed E-state index contributed by atoms with van der Waals surface area (Å²) >= 11 is 0. The summed E-state index contributed by atoms with van der Waals surface area (Å²) < 4.78 is 0. The van der Waals surface area contributed by atoms with E-state index in [-0.39, 0.29) is 0 Å². The SMILES string of the molecule is CCC1CC(CCN)CC(CCN)C(C(C)N)C1. The molecule has 1 rings (SSSR count). The topological polar surface area (TPSA) is 78.1 Å². The van der Waals surface area contributed by atoms with Gasteiger partial charge in [-0.15, -0.1) is 0 Å². The average molecular weight is 255 g/mol. The summed E-state index contributed by atoms with van der Waals surface area (Å²) in [6.07, 6.45) is 7.50. The Morgan fingerprint density at radius 2 is 1.67 bits per heavy atom. The lowest BCUT2D eigenvalue weighted by molar-refractivity contribution is 0.233. The molecule has 0 aromatic carbocycles. The molecule has 0 aromatic rings. The van der Waals surface area contributed by atoms with Crippen molar-refractivity contribution in [1.82, 2.24) is 0 Å². The first-order valence-corrected chi connectivity index (χ1v) is 7.78. The van der Waals surface area contributed by atoms with Crippen LogP contribution in [0.3, 0.4) is 0 Å². The van der Waals surface area contributed by atoms with Crippen molar-refractivity contribution >= 4 is 0 Å². The van der Waals surface area contributed by atoms with Gasteiger partial charge in [0.15, 0.2) is 0 Å². The first-order valence-electron chi connectivity index (χ1n) is 7.78. The molecule has 0 heterocycles. The van der Waals surface area contributed by atoms with Crippen LogP contribution in [0.15, 0.2) is 0 Å². The van der Waals surface area contributed by atoms with E-state index < -0.39 is 0 Å². The van der Waals surface area contributed by atoms with Crippen molar-refractivity contribution in [3.8, 4) is 0 Å². The highest BCUT2D eigenvalue weighted by Crippen LogP contribution is 2.40. The fraction of sp³-hybridized carbons (Fsp3) is 1.00. The van der Waals surface area contributed by atoms with Gasteiger partial charge in [-0.2, -0.15) is 0 Å². The van der Waals surface area contributed by atoms with Crippen LogP contribution < -0.4 is 17.2 Å². The molecule has 1 fully saturated rings. The van der Waals surface area contributed by atoms with Gasteiger partial charge in [-0.25, -0.2) is 0 Å². The van der Waals surface area contributed by atoms with Gasteiger partial charge in [-0.3, -0.25) is 0 Å². The second-order valence-corrected chi connectivity index (χ2v) is 6.29. The summed E-state index contributed by atoms with van der Waals surface area (Å²) in [6.45, 7) is 6.09. The molecule has 0 spiro atoms. The fourth-order valence-electron chi connectivity index (χ4n) is 3.84. The zero-order valence-corrected chi connectivity index (χ0v) is 12.3. The maximum atomic E-state index is 6.23. The van der Waals surface area contributed by atoms with Crippen LogP contribution in [0, 0.1) is 23.7 Å². The van der Waals surface area contributed by atoms with Gasteiger partial charge in [0.2, 0.25) is 0 Å². The number of hydrogen-bond donors (Lipinski definition) is 3. The van der Waals surface area contributed by atoms with Crippen molar-refractivity contribution in [2.24, 2.45) is 40.9 Å². The van der Waals surface area contributed by atoms with Gasteiger partial charge in [0, 0.05) is 6.04 Å². The highest BCUT2D eigenvalue weighted by atomic mass is 14.7.